The lowest BCUT2D eigenvalue weighted by Gasteiger charge is -2.13. The Labute approximate surface area is 139 Å². The van der Waals surface area contributed by atoms with Crippen molar-refractivity contribution < 1.29 is 9.53 Å². The molecule has 0 spiro atoms. The molecule has 0 fully saturated rings. The molecule has 1 amide bonds. The maximum absolute atomic E-state index is 12.4. The zero-order valence-corrected chi connectivity index (χ0v) is 13.7. The predicted molar refractivity (Wildman–Crippen MR) is 94.4 cm³/mol. The van der Waals surface area contributed by atoms with Crippen LogP contribution in [0.15, 0.2) is 54.4 Å². The van der Waals surface area contributed by atoms with E-state index in [1.54, 1.807) is 24.5 Å². The van der Waals surface area contributed by atoms with Crippen LogP contribution in [0.5, 0.6) is 5.75 Å². The van der Waals surface area contributed by atoms with Crippen LogP contribution in [-0.2, 0) is 6.54 Å². The molecular formula is C18H18N2O2S. The number of carbonyl (C=O) groups excluding carboxylic acids is 1. The molecule has 118 valence electrons. The van der Waals surface area contributed by atoms with Crippen molar-refractivity contribution in [2.45, 2.75) is 6.54 Å². The van der Waals surface area contributed by atoms with Gasteiger partial charge in [-0.1, -0.05) is 24.3 Å². The highest BCUT2D eigenvalue weighted by Gasteiger charge is 2.17. The molecule has 0 saturated heterocycles. The van der Waals surface area contributed by atoms with Crippen LogP contribution >= 0.6 is 11.3 Å². The van der Waals surface area contributed by atoms with Gasteiger partial charge < -0.3 is 14.6 Å². The molecular weight excluding hydrogens is 308 g/mol. The lowest BCUT2D eigenvalue weighted by Crippen LogP contribution is -2.26. The second kappa shape index (κ2) is 6.71. The van der Waals surface area contributed by atoms with Gasteiger partial charge >= 0.3 is 0 Å². The zero-order chi connectivity index (χ0) is 16.2. The van der Waals surface area contributed by atoms with Gasteiger partial charge in [-0.05, 0) is 23.6 Å². The molecule has 0 bridgehead atoms. The van der Waals surface area contributed by atoms with Crippen LogP contribution in [0.25, 0.3) is 10.2 Å². The molecule has 1 aromatic carbocycles. The van der Waals surface area contributed by atoms with E-state index < -0.39 is 0 Å². The SMILES string of the molecule is C=CCNC(=O)c1cc2sccc2n1Cc1ccccc1OC. The maximum Gasteiger partial charge on any atom is 0.268 e. The summed E-state index contributed by atoms with van der Waals surface area (Å²) >= 11 is 1.63. The highest BCUT2D eigenvalue weighted by atomic mass is 32.1. The Morgan fingerprint density at radius 2 is 2.22 bits per heavy atom. The van der Waals surface area contributed by atoms with Gasteiger partial charge in [0.1, 0.15) is 11.4 Å². The number of ether oxygens (including phenoxy) is 1. The first-order valence-corrected chi connectivity index (χ1v) is 8.20. The van der Waals surface area contributed by atoms with E-state index in [4.69, 9.17) is 4.74 Å². The molecule has 0 aliphatic heterocycles. The van der Waals surface area contributed by atoms with Crippen LogP contribution in [0, 0.1) is 0 Å². The summed E-state index contributed by atoms with van der Waals surface area (Å²) in [5.41, 5.74) is 2.75. The second-order valence-electron chi connectivity index (χ2n) is 5.10. The van der Waals surface area contributed by atoms with Gasteiger partial charge in [0, 0.05) is 12.1 Å². The van der Waals surface area contributed by atoms with Gasteiger partial charge in [0.2, 0.25) is 0 Å². The van der Waals surface area contributed by atoms with Crippen LogP contribution in [0.2, 0.25) is 0 Å². The minimum Gasteiger partial charge on any atom is -0.496 e. The van der Waals surface area contributed by atoms with E-state index in [1.165, 1.54) is 0 Å². The number of nitrogens with one attached hydrogen (secondary N) is 1. The van der Waals surface area contributed by atoms with Crippen molar-refractivity contribution in [1.82, 2.24) is 9.88 Å². The Hall–Kier alpha value is -2.53. The summed E-state index contributed by atoms with van der Waals surface area (Å²) < 4.78 is 8.56. The Kier molecular flexibility index (Phi) is 4.48. The number of hydrogen-bond acceptors (Lipinski definition) is 3. The van der Waals surface area contributed by atoms with Gasteiger partial charge in [-0.3, -0.25) is 4.79 Å². The van der Waals surface area contributed by atoms with Crippen molar-refractivity contribution in [3.63, 3.8) is 0 Å². The van der Waals surface area contributed by atoms with Gasteiger partial charge in [-0.25, -0.2) is 0 Å². The fourth-order valence-electron chi connectivity index (χ4n) is 2.59. The number of fused-ring (bicyclic) bond motifs is 1. The van der Waals surface area contributed by atoms with Gasteiger partial charge in [-0.2, -0.15) is 0 Å². The van der Waals surface area contributed by atoms with Crippen LogP contribution in [0.4, 0.5) is 0 Å². The number of carbonyl (C=O) groups is 1. The fourth-order valence-corrected chi connectivity index (χ4v) is 3.42. The van der Waals surface area contributed by atoms with E-state index in [2.05, 4.69) is 11.9 Å². The van der Waals surface area contributed by atoms with Gasteiger partial charge in [0.25, 0.3) is 5.91 Å². The molecule has 3 rings (SSSR count). The van der Waals surface area contributed by atoms with E-state index in [1.807, 2.05) is 46.3 Å². The van der Waals surface area contributed by atoms with E-state index in [0.29, 0.717) is 18.8 Å². The Balaban J connectivity index is 2.02. The zero-order valence-electron chi connectivity index (χ0n) is 12.9. The van der Waals surface area contributed by atoms with E-state index in [9.17, 15) is 4.79 Å². The summed E-state index contributed by atoms with van der Waals surface area (Å²) in [6.07, 6.45) is 1.67. The summed E-state index contributed by atoms with van der Waals surface area (Å²) in [5, 5.41) is 4.89. The van der Waals surface area contributed by atoms with Gasteiger partial charge in [-0.15, -0.1) is 17.9 Å². The fraction of sp³-hybridized carbons (Fsp3) is 0.167. The molecule has 0 radical (unpaired) electrons. The number of thiophene rings is 1. The Morgan fingerprint density at radius 3 is 3.00 bits per heavy atom. The number of methoxy groups -OCH3 is 1. The van der Waals surface area contributed by atoms with Crippen molar-refractivity contribution in [1.29, 1.82) is 0 Å². The molecule has 1 N–H and O–H groups in total. The number of amides is 1. The van der Waals surface area contributed by atoms with Gasteiger partial charge in [0.15, 0.2) is 0 Å². The van der Waals surface area contributed by atoms with Crippen LogP contribution in [0.3, 0.4) is 0 Å². The van der Waals surface area contributed by atoms with Crippen molar-refractivity contribution in [3.8, 4) is 5.75 Å². The van der Waals surface area contributed by atoms with Crippen LogP contribution in [-0.4, -0.2) is 24.1 Å². The number of nitrogens with zero attached hydrogens (tertiary/aromatic N) is 1. The highest BCUT2D eigenvalue weighted by molar-refractivity contribution is 7.17. The van der Waals surface area contributed by atoms with Crippen molar-refractivity contribution in [2.75, 3.05) is 13.7 Å². The van der Waals surface area contributed by atoms with E-state index in [-0.39, 0.29) is 5.91 Å². The minimum atomic E-state index is -0.0943. The standard InChI is InChI=1S/C18H18N2O2S/c1-3-9-19-18(21)15-11-17-14(8-10-23-17)20(15)12-13-6-4-5-7-16(13)22-2/h3-8,10-11H,1,9,12H2,2H3,(H,19,21). The normalized spacial score (nSPS) is 10.7. The lowest BCUT2D eigenvalue weighted by atomic mass is 10.2. The molecule has 0 atom stereocenters. The average molecular weight is 326 g/mol. The molecule has 0 aliphatic carbocycles. The first-order valence-electron chi connectivity index (χ1n) is 7.32. The predicted octanol–water partition coefficient (Wildman–Crippen LogP) is 3.68. The lowest BCUT2D eigenvalue weighted by molar-refractivity contribution is 0.0949. The molecule has 4 nitrogen and oxygen atoms in total. The largest absolute Gasteiger partial charge is 0.496 e. The monoisotopic (exact) mass is 326 g/mol. The van der Waals surface area contributed by atoms with Crippen molar-refractivity contribution >= 4 is 27.5 Å². The highest BCUT2D eigenvalue weighted by Crippen LogP contribution is 2.28. The average Bonchev–Trinajstić information content (AvgIpc) is 3.15. The topological polar surface area (TPSA) is 43.3 Å². The first-order chi connectivity index (χ1) is 11.2. The number of benzene rings is 1. The Bertz CT molecular complexity index is 848. The first kappa shape index (κ1) is 15.4. The summed E-state index contributed by atoms with van der Waals surface area (Å²) in [7, 11) is 1.66. The Morgan fingerprint density at radius 1 is 1.39 bits per heavy atom. The van der Waals surface area contributed by atoms with Gasteiger partial charge in [0.05, 0.1) is 23.9 Å². The smallest absolute Gasteiger partial charge is 0.268 e. The number of hydrogen-bond donors (Lipinski definition) is 1. The molecule has 5 heteroatoms. The summed E-state index contributed by atoms with van der Waals surface area (Å²) in [5.74, 6) is 0.727. The summed E-state index contributed by atoms with van der Waals surface area (Å²) in [6, 6.07) is 11.8. The number of para-hydroxylation sites is 1. The van der Waals surface area contributed by atoms with E-state index >= 15 is 0 Å². The van der Waals surface area contributed by atoms with Crippen LogP contribution < -0.4 is 10.1 Å². The minimum absolute atomic E-state index is 0.0943. The second-order valence-corrected chi connectivity index (χ2v) is 6.04. The molecule has 2 aromatic heterocycles. The van der Waals surface area contributed by atoms with Crippen molar-refractivity contribution in [3.05, 3.63) is 65.7 Å². The molecule has 23 heavy (non-hydrogen) atoms. The maximum atomic E-state index is 12.4. The summed E-state index contributed by atoms with van der Waals surface area (Å²) in [6.45, 7) is 4.67. The third kappa shape index (κ3) is 3.00. The van der Waals surface area contributed by atoms with E-state index in [0.717, 1.165) is 21.5 Å². The molecule has 0 unspecified atom stereocenters. The van der Waals surface area contributed by atoms with Crippen LogP contribution in [0.1, 0.15) is 16.1 Å². The number of rotatable bonds is 6. The molecule has 2 heterocycles. The summed E-state index contributed by atoms with van der Waals surface area (Å²) in [4.78, 5) is 12.4. The van der Waals surface area contributed by atoms with Crippen molar-refractivity contribution in [2.24, 2.45) is 0 Å². The molecule has 0 aliphatic rings. The molecule has 0 saturated carbocycles. The quantitative estimate of drug-likeness (QED) is 0.702. The number of aromatic nitrogens is 1. The molecule has 3 aromatic rings. The third-order valence-corrected chi connectivity index (χ3v) is 4.54. The third-order valence-electron chi connectivity index (χ3n) is 3.68.